The largest absolute Gasteiger partial charge is 0.497 e. The molecular formula is C44H55F2N6O7PS. The molecule has 2 aliphatic rings. The van der Waals surface area contributed by atoms with Gasteiger partial charge in [0.2, 0.25) is 25.1 Å². The highest BCUT2D eigenvalue weighted by Gasteiger charge is 2.54. The van der Waals surface area contributed by atoms with Crippen molar-refractivity contribution in [1.29, 1.82) is 0 Å². The van der Waals surface area contributed by atoms with Crippen LogP contribution in [0.15, 0.2) is 60.0 Å². The maximum atomic E-state index is 14.9. The van der Waals surface area contributed by atoms with E-state index in [0.717, 1.165) is 18.2 Å². The number of fused-ring (bicyclic) bond motifs is 1. The minimum atomic E-state index is -4.63. The number of methoxy groups -OCH3 is 1. The minimum absolute atomic E-state index is 0.0139. The van der Waals surface area contributed by atoms with Gasteiger partial charge >= 0.3 is 0 Å². The van der Waals surface area contributed by atoms with Gasteiger partial charge in [-0.3, -0.25) is 18.9 Å². The third-order valence-corrected chi connectivity index (χ3v) is 14.4. The van der Waals surface area contributed by atoms with Crippen LogP contribution in [0.25, 0.3) is 22.3 Å². The van der Waals surface area contributed by atoms with Gasteiger partial charge in [0.15, 0.2) is 5.13 Å². The maximum absolute atomic E-state index is 14.9. The summed E-state index contributed by atoms with van der Waals surface area (Å²) < 4.78 is 56.4. The third-order valence-electron chi connectivity index (χ3n) is 11.1. The summed E-state index contributed by atoms with van der Waals surface area (Å²) in [6, 6.07) is 8.16. The fraction of sp³-hybridized carbons (Fsp3) is 0.477. The lowest BCUT2D eigenvalue weighted by atomic mass is 9.85. The van der Waals surface area contributed by atoms with E-state index in [4.69, 9.17) is 19.4 Å². The van der Waals surface area contributed by atoms with Crippen LogP contribution in [0.1, 0.15) is 85.6 Å². The number of carbonyl (C=O) groups excluding carboxylic acids is 3. The number of amides is 3. The number of carbonyl (C=O) groups is 3. The zero-order valence-corrected chi connectivity index (χ0v) is 37.4. The molecule has 1 saturated carbocycles. The molecule has 1 saturated heterocycles. The predicted molar refractivity (Wildman–Crippen MR) is 233 cm³/mol. The van der Waals surface area contributed by atoms with Crippen molar-refractivity contribution in [3.8, 4) is 22.9 Å². The van der Waals surface area contributed by atoms with Crippen LogP contribution < -0.4 is 25.4 Å². The van der Waals surface area contributed by atoms with Gasteiger partial charge in [0.05, 0.1) is 31.0 Å². The van der Waals surface area contributed by atoms with Crippen LogP contribution in [0.5, 0.6) is 11.5 Å². The van der Waals surface area contributed by atoms with Gasteiger partial charge in [-0.25, -0.2) is 18.7 Å². The second-order valence-corrected chi connectivity index (χ2v) is 20.8. The molecule has 61 heavy (non-hydrogen) atoms. The molecule has 17 heteroatoms. The number of aromatic nitrogens is 2. The minimum Gasteiger partial charge on any atom is -0.497 e. The fourth-order valence-electron chi connectivity index (χ4n) is 7.89. The van der Waals surface area contributed by atoms with E-state index < -0.39 is 71.4 Å². The smallest absolute Gasteiger partial charge is 0.246 e. The molecule has 4 aromatic rings. The fourth-order valence-corrected chi connectivity index (χ4v) is 11.0. The molecule has 2 unspecified atom stereocenters. The first kappa shape index (κ1) is 45.6. The summed E-state index contributed by atoms with van der Waals surface area (Å²) in [4.78, 5) is 65.2. The summed E-state index contributed by atoms with van der Waals surface area (Å²) in [7, 11) is -3.08. The predicted octanol–water partition coefficient (Wildman–Crippen LogP) is 8.17. The van der Waals surface area contributed by atoms with Crippen LogP contribution in [-0.4, -0.2) is 80.6 Å². The molecule has 2 fully saturated rings. The molecule has 328 valence electrons. The lowest BCUT2D eigenvalue weighted by Crippen LogP contribution is -2.59. The Balaban J connectivity index is 1.38. The first-order valence-corrected chi connectivity index (χ1v) is 23.2. The van der Waals surface area contributed by atoms with Gasteiger partial charge in [-0.1, -0.05) is 45.9 Å². The number of thiazole rings is 1. The van der Waals surface area contributed by atoms with Crippen molar-refractivity contribution in [2.45, 2.75) is 116 Å². The number of rotatable bonds is 15. The van der Waals surface area contributed by atoms with Crippen LogP contribution >= 0.6 is 18.7 Å². The molecule has 5 atom stereocenters. The molecule has 1 aliphatic heterocycles. The van der Waals surface area contributed by atoms with E-state index in [1.807, 2.05) is 53.0 Å². The zero-order valence-electron chi connectivity index (χ0n) is 35.6. The Morgan fingerprint density at radius 1 is 1.11 bits per heavy atom. The summed E-state index contributed by atoms with van der Waals surface area (Å²) in [5.41, 5.74) is 0.905. The van der Waals surface area contributed by atoms with E-state index in [2.05, 4.69) is 22.5 Å². The Hall–Kier alpha value is -4.92. The monoisotopic (exact) mass is 880 g/mol. The first-order valence-electron chi connectivity index (χ1n) is 20.5. The van der Waals surface area contributed by atoms with E-state index in [1.54, 1.807) is 25.3 Å². The number of halogens is 2. The molecule has 0 radical (unpaired) electrons. The van der Waals surface area contributed by atoms with Gasteiger partial charge in [-0.2, -0.15) is 0 Å². The number of ether oxygens (including phenoxy) is 2. The average molecular weight is 881 g/mol. The lowest BCUT2D eigenvalue weighted by Gasteiger charge is -2.38. The second-order valence-electron chi connectivity index (χ2n) is 17.3. The van der Waals surface area contributed by atoms with Gasteiger partial charge in [0.1, 0.15) is 52.3 Å². The van der Waals surface area contributed by atoms with Gasteiger partial charge in [0.25, 0.3) is 0 Å². The zero-order chi connectivity index (χ0) is 44.4. The SMILES string of the molecule is C=C1CC[C@](NC(=O)[C@@H]2CC(Oc3cc(-c4csc(NC(C)C)n4)nc4cc(OC)ccc34)CN2C(=O)[C@@H](NC(=O)CCC)C(C)(C)C)(P(=O)(O)Cc2c(F)cccc2F)C1. The van der Waals surface area contributed by atoms with Crippen molar-refractivity contribution < 1.29 is 42.1 Å². The summed E-state index contributed by atoms with van der Waals surface area (Å²) >= 11 is 1.43. The van der Waals surface area contributed by atoms with Gasteiger partial charge in [-0.15, -0.1) is 11.3 Å². The Morgan fingerprint density at radius 3 is 2.46 bits per heavy atom. The van der Waals surface area contributed by atoms with E-state index >= 15 is 0 Å². The van der Waals surface area contributed by atoms with E-state index in [0.29, 0.717) is 50.9 Å². The molecule has 0 bridgehead atoms. The Labute approximate surface area is 359 Å². The number of likely N-dealkylation sites (tertiary alicyclic amines) is 1. The number of nitrogens with one attached hydrogen (secondary N) is 3. The van der Waals surface area contributed by atoms with Crippen molar-refractivity contribution >= 4 is 52.5 Å². The molecule has 2 aromatic carbocycles. The van der Waals surface area contributed by atoms with E-state index in [9.17, 15) is 32.6 Å². The number of pyridine rings is 1. The van der Waals surface area contributed by atoms with Crippen LogP contribution in [0, 0.1) is 17.0 Å². The maximum Gasteiger partial charge on any atom is 0.246 e. The molecule has 1 aliphatic carbocycles. The van der Waals surface area contributed by atoms with Crippen molar-refractivity contribution in [2.24, 2.45) is 5.41 Å². The number of hydrogen-bond donors (Lipinski definition) is 4. The molecule has 3 heterocycles. The molecular weight excluding hydrogens is 826 g/mol. The number of hydrogen-bond acceptors (Lipinski definition) is 10. The summed E-state index contributed by atoms with van der Waals surface area (Å²) in [5, 5.41) is 10.4. The van der Waals surface area contributed by atoms with Crippen molar-refractivity contribution in [2.75, 3.05) is 19.0 Å². The Morgan fingerprint density at radius 2 is 1.84 bits per heavy atom. The highest BCUT2D eigenvalue weighted by atomic mass is 32.1. The van der Waals surface area contributed by atoms with Gasteiger partial charge in [0, 0.05) is 53.8 Å². The quantitative estimate of drug-likeness (QED) is 0.0675. The molecule has 0 spiro atoms. The van der Waals surface area contributed by atoms with Crippen molar-refractivity contribution in [3.63, 3.8) is 0 Å². The molecule has 13 nitrogen and oxygen atoms in total. The number of benzene rings is 2. The average Bonchev–Trinajstić information content (AvgIpc) is 3.93. The Bertz CT molecular complexity index is 2350. The number of nitrogens with zero attached hydrogens (tertiary/aromatic N) is 3. The molecule has 6 rings (SSSR count). The lowest BCUT2D eigenvalue weighted by molar-refractivity contribution is -0.144. The topological polar surface area (TPSA) is 172 Å². The van der Waals surface area contributed by atoms with E-state index in [1.165, 1.54) is 16.2 Å². The Kier molecular flexibility index (Phi) is 13.6. The van der Waals surface area contributed by atoms with Crippen LogP contribution in [0.2, 0.25) is 0 Å². The van der Waals surface area contributed by atoms with Gasteiger partial charge < -0.3 is 35.2 Å². The van der Waals surface area contributed by atoms with Crippen LogP contribution in [0.4, 0.5) is 13.9 Å². The normalized spacial score (nSPS) is 20.7. The third kappa shape index (κ3) is 10.1. The van der Waals surface area contributed by atoms with E-state index in [-0.39, 0.29) is 50.6 Å². The van der Waals surface area contributed by atoms with Crippen molar-refractivity contribution in [1.82, 2.24) is 25.5 Å². The summed E-state index contributed by atoms with van der Waals surface area (Å²) in [6.07, 6.45) is -0.797. The highest BCUT2D eigenvalue weighted by molar-refractivity contribution is 7.58. The van der Waals surface area contributed by atoms with Crippen LogP contribution in [0.3, 0.4) is 0 Å². The molecule has 3 amide bonds. The number of anilines is 1. The standard InChI is InChI=1S/C44H55F2N6O7PS/c1-9-11-38(53)50-39(43(5,6)7)41(55)52-22-28(59-37-20-34(35-24-61-42(49-35)47-25(2)3)48-33-18-27(58-8)14-15-29(33)37)19-36(52)40(54)51-44(17-16-26(4)21-44)60(56,57)23-30-31(45)12-10-13-32(30)46/h10,12-15,18,20,24-25,28,36,39H,4,9,11,16-17,19,21-23H2,1-3,5-8H3,(H,47,49)(H,50,53)(H,51,54)(H,56,57)/t28?,36-,39+,44-/m0/s1. The van der Waals surface area contributed by atoms with Crippen molar-refractivity contribution in [3.05, 3.63) is 77.2 Å². The molecule has 2 aromatic heterocycles. The summed E-state index contributed by atoms with van der Waals surface area (Å²) in [6.45, 7) is 15.2. The van der Waals surface area contributed by atoms with Gasteiger partial charge in [-0.05, 0) is 62.8 Å². The molecule has 4 N–H and O–H groups in total. The highest BCUT2D eigenvalue weighted by Crippen LogP contribution is 2.63. The summed E-state index contributed by atoms with van der Waals surface area (Å²) in [5.74, 6) is -2.59. The van der Waals surface area contributed by atoms with Crippen LogP contribution in [-0.2, 0) is 25.1 Å². The first-order chi connectivity index (χ1) is 28.7. The second kappa shape index (κ2) is 18.2.